The molecule has 2 N–H and O–H groups in total. The Hall–Kier alpha value is -1.18. The largest absolute Gasteiger partial charge is 0.350 e. The third-order valence-electron chi connectivity index (χ3n) is 5.66. The zero-order valence-electron chi connectivity index (χ0n) is 16.1. The molecule has 3 fully saturated rings. The predicted molar refractivity (Wildman–Crippen MR) is 97.2 cm³/mol. The van der Waals surface area contributed by atoms with Crippen LogP contribution in [0.5, 0.6) is 0 Å². The zero-order chi connectivity index (χ0) is 18.2. The van der Waals surface area contributed by atoms with Gasteiger partial charge in [-0.05, 0) is 27.8 Å². The number of carbonyl (C=O) groups excluding carboxylic acids is 2. The van der Waals surface area contributed by atoms with Crippen molar-refractivity contribution in [1.29, 1.82) is 0 Å². The maximum atomic E-state index is 13.2. The summed E-state index contributed by atoms with van der Waals surface area (Å²) < 4.78 is 0. The van der Waals surface area contributed by atoms with Gasteiger partial charge >= 0.3 is 0 Å². The lowest BCUT2D eigenvalue weighted by Crippen LogP contribution is -2.57. The van der Waals surface area contributed by atoms with Crippen molar-refractivity contribution in [3.63, 3.8) is 0 Å². The van der Waals surface area contributed by atoms with Gasteiger partial charge in [0.1, 0.15) is 0 Å². The second kappa shape index (κ2) is 6.85. The Balaban J connectivity index is 1.52. The van der Waals surface area contributed by atoms with Crippen LogP contribution in [-0.2, 0) is 9.59 Å². The summed E-state index contributed by atoms with van der Waals surface area (Å²) in [4.78, 5) is 31.8. The number of nitrogens with zero attached hydrogens (tertiary/aromatic N) is 3. The van der Waals surface area contributed by atoms with Gasteiger partial charge in [-0.25, -0.2) is 0 Å². The van der Waals surface area contributed by atoms with Crippen LogP contribution in [-0.4, -0.2) is 98.0 Å². The fourth-order valence-electron chi connectivity index (χ4n) is 4.56. The maximum absolute atomic E-state index is 13.2. The Morgan fingerprint density at radius 3 is 2.52 bits per heavy atom. The molecule has 0 spiro atoms. The number of carbonyl (C=O) groups is 2. The van der Waals surface area contributed by atoms with Crippen LogP contribution in [0.1, 0.15) is 20.8 Å². The molecule has 0 aromatic rings. The Labute approximate surface area is 151 Å². The van der Waals surface area contributed by atoms with E-state index in [9.17, 15) is 9.59 Å². The first kappa shape index (κ1) is 18.6. The fraction of sp³-hybridized carbons (Fsp3) is 0.889. The van der Waals surface area contributed by atoms with E-state index in [2.05, 4.69) is 27.5 Å². The molecule has 0 radical (unpaired) electrons. The van der Waals surface area contributed by atoms with Crippen molar-refractivity contribution >= 4 is 11.8 Å². The standard InChI is InChI=1S/C18H33N5O2/c1-17(2,3)20-15(24)11-22-5-7-23(8-6-22)16(25)18-12-19-9-14(18)10-21(4)13-18/h14,19H,5-13H2,1-4H3,(H,20,24)/t14-,18-/m1/s1. The minimum Gasteiger partial charge on any atom is -0.350 e. The first-order chi connectivity index (χ1) is 11.7. The molecular formula is C18H33N5O2. The van der Waals surface area contributed by atoms with E-state index < -0.39 is 0 Å². The Kier molecular flexibility index (Phi) is 5.10. The van der Waals surface area contributed by atoms with Gasteiger partial charge in [-0.2, -0.15) is 0 Å². The van der Waals surface area contributed by atoms with Crippen LogP contribution in [0, 0.1) is 11.3 Å². The van der Waals surface area contributed by atoms with Crippen LogP contribution in [0.15, 0.2) is 0 Å². The van der Waals surface area contributed by atoms with Crippen molar-refractivity contribution in [2.75, 3.05) is 66.0 Å². The highest BCUT2D eigenvalue weighted by Gasteiger charge is 2.55. The monoisotopic (exact) mass is 351 g/mol. The SMILES string of the molecule is CN1C[C@H]2CNC[C@@]2(C(=O)N2CCN(CC(=O)NC(C)(C)C)CC2)C1. The van der Waals surface area contributed by atoms with Gasteiger partial charge in [0, 0.05) is 63.8 Å². The van der Waals surface area contributed by atoms with Crippen molar-refractivity contribution in [3.05, 3.63) is 0 Å². The lowest BCUT2D eigenvalue weighted by atomic mass is 9.79. The molecule has 0 bridgehead atoms. The van der Waals surface area contributed by atoms with Crippen molar-refractivity contribution in [2.24, 2.45) is 11.3 Å². The van der Waals surface area contributed by atoms with E-state index in [0.29, 0.717) is 18.4 Å². The number of fused-ring (bicyclic) bond motifs is 1. The Morgan fingerprint density at radius 2 is 1.88 bits per heavy atom. The Morgan fingerprint density at radius 1 is 1.20 bits per heavy atom. The van der Waals surface area contributed by atoms with Gasteiger partial charge in [-0.1, -0.05) is 0 Å². The molecule has 0 aromatic heterocycles. The van der Waals surface area contributed by atoms with Crippen LogP contribution in [0.2, 0.25) is 0 Å². The highest BCUT2D eigenvalue weighted by molar-refractivity contribution is 5.85. The summed E-state index contributed by atoms with van der Waals surface area (Å²) in [5, 5.41) is 6.43. The summed E-state index contributed by atoms with van der Waals surface area (Å²) in [7, 11) is 2.11. The summed E-state index contributed by atoms with van der Waals surface area (Å²) >= 11 is 0. The number of rotatable bonds is 3. The van der Waals surface area contributed by atoms with E-state index >= 15 is 0 Å². The van der Waals surface area contributed by atoms with Crippen LogP contribution in [0.25, 0.3) is 0 Å². The average Bonchev–Trinajstić information content (AvgIpc) is 3.02. The number of hydrogen-bond acceptors (Lipinski definition) is 5. The average molecular weight is 351 g/mol. The molecule has 142 valence electrons. The van der Waals surface area contributed by atoms with Gasteiger partial charge in [-0.3, -0.25) is 14.5 Å². The van der Waals surface area contributed by atoms with E-state index in [4.69, 9.17) is 0 Å². The summed E-state index contributed by atoms with van der Waals surface area (Å²) in [6.45, 7) is 13.0. The smallest absolute Gasteiger partial charge is 0.234 e. The minimum absolute atomic E-state index is 0.0587. The quantitative estimate of drug-likeness (QED) is 0.697. The minimum atomic E-state index is -0.236. The molecule has 7 nitrogen and oxygen atoms in total. The third-order valence-corrected chi connectivity index (χ3v) is 5.66. The lowest BCUT2D eigenvalue weighted by molar-refractivity contribution is -0.143. The van der Waals surface area contributed by atoms with Crippen molar-refractivity contribution < 1.29 is 9.59 Å². The van der Waals surface area contributed by atoms with Gasteiger partial charge < -0.3 is 20.4 Å². The van der Waals surface area contributed by atoms with Crippen molar-refractivity contribution in [3.8, 4) is 0 Å². The summed E-state index contributed by atoms with van der Waals surface area (Å²) in [6.07, 6.45) is 0. The molecule has 7 heteroatoms. The molecule has 3 heterocycles. The van der Waals surface area contributed by atoms with Gasteiger partial charge in [0.2, 0.25) is 11.8 Å². The topological polar surface area (TPSA) is 67.9 Å². The number of amides is 2. The van der Waals surface area contributed by atoms with E-state index in [1.807, 2.05) is 25.7 Å². The van der Waals surface area contributed by atoms with Gasteiger partial charge in [0.25, 0.3) is 0 Å². The van der Waals surface area contributed by atoms with Crippen molar-refractivity contribution in [2.45, 2.75) is 26.3 Å². The van der Waals surface area contributed by atoms with Gasteiger partial charge in [0.15, 0.2) is 0 Å². The molecule has 0 unspecified atom stereocenters. The van der Waals surface area contributed by atoms with Gasteiger partial charge in [-0.15, -0.1) is 0 Å². The second-order valence-corrected chi connectivity index (χ2v) is 9.05. The molecular weight excluding hydrogens is 318 g/mol. The maximum Gasteiger partial charge on any atom is 0.234 e. The summed E-state index contributed by atoms with van der Waals surface area (Å²) in [5.74, 6) is 0.801. The molecule has 2 amide bonds. The van der Waals surface area contributed by atoms with E-state index in [1.54, 1.807) is 0 Å². The number of piperazine rings is 1. The Bertz CT molecular complexity index is 524. The molecule has 2 atom stereocenters. The molecule has 0 aromatic carbocycles. The van der Waals surface area contributed by atoms with E-state index in [-0.39, 0.29) is 16.9 Å². The highest BCUT2D eigenvalue weighted by Crippen LogP contribution is 2.40. The molecule has 25 heavy (non-hydrogen) atoms. The molecule has 3 aliphatic rings. The van der Waals surface area contributed by atoms with Crippen LogP contribution in [0.4, 0.5) is 0 Å². The third kappa shape index (κ3) is 3.99. The zero-order valence-corrected chi connectivity index (χ0v) is 16.1. The summed E-state index contributed by atoms with van der Waals surface area (Å²) in [5.41, 5.74) is -0.437. The number of likely N-dealkylation sites (tertiary alicyclic amines) is 1. The van der Waals surface area contributed by atoms with Crippen LogP contribution in [0.3, 0.4) is 0 Å². The molecule has 3 rings (SSSR count). The number of nitrogens with one attached hydrogen (secondary N) is 2. The number of hydrogen-bond donors (Lipinski definition) is 2. The van der Waals surface area contributed by atoms with E-state index in [1.165, 1.54) is 0 Å². The van der Waals surface area contributed by atoms with Crippen molar-refractivity contribution in [1.82, 2.24) is 25.3 Å². The second-order valence-electron chi connectivity index (χ2n) is 9.05. The first-order valence-corrected chi connectivity index (χ1v) is 9.42. The molecule has 0 aliphatic carbocycles. The normalized spacial score (nSPS) is 31.2. The van der Waals surface area contributed by atoms with Crippen LogP contribution < -0.4 is 10.6 Å². The van der Waals surface area contributed by atoms with Crippen LogP contribution >= 0.6 is 0 Å². The lowest BCUT2D eigenvalue weighted by Gasteiger charge is -2.39. The first-order valence-electron chi connectivity index (χ1n) is 9.42. The highest BCUT2D eigenvalue weighted by atomic mass is 16.2. The summed E-state index contributed by atoms with van der Waals surface area (Å²) in [6, 6.07) is 0. The van der Waals surface area contributed by atoms with E-state index in [0.717, 1.165) is 52.4 Å². The molecule has 3 saturated heterocycles. The molecule has 0 saturated carbocycles. The molecule has 3 aliphatic heterocycles. The predicted octanol–water partition coefficient (Wildman–Crippen LogP) is -0.803. The fourth-order valence-corrected chi connectivity index (χ4v) is 4.56. The van der Waals surface area contributed by atoms with Gasteiger partial charge in [0.05, 0.1) is 12.0 Å².